The summed E-state index contributed by atoms with van der Waals surface area (Å²) in [7, 11) is 1.40. The molecule has 4 heteroatoms. The topological polar surface area (TPSA) is 47.6 Å². The van der Waals surface area contributed by atoms with Crippen LogP contribution in [0.3, 0.4) is 0 Å². The maximum absolute atomic E-state index is 11.6. The van der Waals surface area contributed by atoms with Gasteiger partial charge in [-0.3, -0.25) is 0 Å². The van der Waals surface area contributed by atoms with Crippen LogP contribution in [0, 0.1) is 0 Å². The van der Waals surface area contributed by atoms with E-state index in [0.717, 1.165) is 11.3 Å². The molecule has 0 aliphatic rings. The van der Waals surface area contributed by atoms with E-state index in [4.69, 9.17) is 9.47 Å². The minimum atomic E-state index is -0.322. The number of ether oxygens (including phenoxy) is 2. The van der Waals surface area contributed by atoms with E-state index in [1.54, 1.807) is 0 Å². The van der Waals surface area contributed by atoms with Crippen molar-refractivity contribution in [2.45, 2.75) is 32.9 Å². The summed E-state index contributed by atoms with van der Waals surface area (Å²) in [6.07, 6.45) is 0.676. The molecule has 0 spiro atoms. The average Bonchev–Trinajstić information content (AvgIpc) is 2.42. The molecule has 4 nitrogen and oxygen atoms in total. The lowest BCUT2D eigenvalue weighted by molar-refractivity contribution is -0.141. The van der Waals surface area contributed by atoms with Crippen LogP contribution >= 0.6 is 0 Å². The van der Waals surface area contributed by atoms with Gasteiger partial charge in [0.1, 0.15) is 6.04 Å². The molecule has 0 heterocycles. The van der Waals surface area contributed by atoms with Crippen LogP contribution < -0.4 is 5.32 Å². The quantitative estimate of drug-likeness (QED) is 0.757. The second kappa shape index (κ2) is 7.71. The third-order valence-electron chi connectivity index (χ3n) is 2.70. The van der Waals surface area contributed by atoms with E-state index in [0.29, 0.717) is 19.6 Å². The van der Waals surface area contributed by atoms with Crippen molar-refractivity contribution >= 4 is 11.7 Å². The zero-order chi connectivity index (χ0) is 13.4. The van der Waals surface area contributed by atoms with E-state index in [1.165, 1.54) is 7.11 Å². The van der Waals surface area contributed by atoms with Crippen LogP contribution in [0.2, 0.25) is 0 Å². The number of benzene rings is 1. The molecule has 0 aliphatic carbocycles. The van der Waals surface area contributed by atoms with Crippen molar-refractivity contribution in [1.82, 2.24) is 0 Å². The molecule has 0 aliphatic heterocycles. The van der Waals surface area contributed by atoms with Gasteiger partial charge >= 0.3 is 5.97 Å². The highest BCUT2D eigenvalue weighted by Gasteiger charge is 2.17. The second-order valence-electron chi connectivity index (χ2n) is 3.92. The molecule has 1 aromatic rings. The molecule has 0 radical (unpaired) electrons. The Kier molecular flexibility index (Phi) is 6.22. The van der Waals surface area contributed by atoms with E-state index in [1.807, 2.05) is 38.1 Å². The van der Waals surface area contributed by atoms with Gasteiger partial charge in [0.25, 0.3) is 0 Å². The smallest absolute Gasteiger partial charge is 0.328 e. The number of hydrogen-bond acceptors (Lipinski definition) is 4. The van der Waals surface area contributed by atoms with Crippen molar-refractivity contribution in [1.29, 1.82) is 0 Å². The number of esters is 1. The number of carbonyl (C=O) groups excluding carboxylic acids is 1. The molecule has 1 atom stereocenters. The Hall–Kier alpha value is -1.55. The maximum atomic E-state index is 11.6. The summed E-state index contributed by atoms with van der Waals surface area (Å²) in [5.74, 6) is -0.247. The fourth-order valence-corrected chi connectivity index (χ4v) is 1.66. The molecule has 0 saturated carbocycles. The summed E-state index contributed by atoms with van der Waals surface area (Å²) in [5, 5.41) is 3.20. The van der Waals surface area contributed by atoms with E-state index in [9.17, 15) is 4.79 Å². The van der Waals surface area contributed by atoms with Crippen LogP contribution in [0.25, 0.3) is 0 Å². The first kappa shape index (κ1) is 14.5. The Morgan fingerprint density at radius 3 is 2.67 bits per heavy atom. The van der Waals surface area contributed by atoms with Crippen molar-refractivity contribution in [2.24, 2.45) is 0 Å². The summed E-state index contributed by atoms with van der Waals surface area (Å²) in [6.45, 7) is 5.11. The summed E-state index contributed by atoms with van der Waals surface area (Å²) in [6, 6.07) is 7.50. The zero-order valence-corrected chi connectivity index (χ0v) is 11.2. The molecule has 1 N–H and O–H groups in total. The predicted octanol–water partition coefficient (Wildman–Crippen LogP) is 2.59. The molecule has 100 valence electrons. The minimum Gasteiger partial charge on any atom is -0.467 e. The van der Waals surface area contributed by atoms with Gasteiger partial charge in [-0.15, -0.1) is 0 Å². The van der Waals surface area contributed by atoms with Crippen molar-refractivity contribution in [2.75, 3.05) is 19.0 Å². The van der Waals surface area contributed by atoms with Crippen molar-refractivity contribution in [3.63, 3.8) is 0 Å². The van der Waals surface area contributed by atoms with Crippen LogP contribution in [-0.2, 0) is 20.9 Å². The Morgan fingerprint density at radius 2 is 2.06 bits per heavy atom. The van der Waals surface area contributed by atoms with Crippen molar-refractivity contribution in [3.05, 3.63) is 29.8 Å². The first-order valence-corrected chi connectivity index (χ1v) is 6.22. The highest BCUT2D eigenvalue weighted by atomic mass is 16.5. The number of methoxy groups -OCH3 is 1. The molecule has 0 saturated heterocycles. The fraction of sp³-hybridized carbons (Fsp3) is 0.500. The van der Waals surface area contributed by atoms with Crippen molar-refractivity contribution in [3.8, 4) is 0 Å². The first-order valence-electron chi connectivity index (χ1n) is 6.22. The van der Waals surface area contributed by atoms with Gasteiger partial charge in [0, 0.05) is 17.9 Å². The van der Waals surface area contributed by atoms with Gasteiger partial charge in [0.05, 0.1) is 13.7 Å². The summed E-state index contributed by atoms with van der Waals surface area (Å²) < 4.78 is 10.2. The van der Waals surface area contributed by atoms with E-state index >= 15 is 0 Å². The highest BCUT2D eigenvalue weighted by molar-refractivity contribution is 5.79. The van der Waals surface area contributed by atoms with Crippen LogP contribution in [0.1, 0.15) is 25.8 Å². The molecule has 0 amide bonds. The van der Waals surface area contributed by atoms with Crippen LogP contribution in [0.15, 0.2) is 24.3 Å². The van der Waals surface area contributed by atoms with Crippen LogP contribution in [0.4, 0.5) is 5.69 Å². The molecule has 18 heavy (non-hydrogen) atoms. The van der Waals surface area contributed by atoms with Gasteiger partial charge in [-0.05, 0) is 19.4 Å². The number of rotatable bonds is 7. The fourth-order valence-electron chi connectivity index (χ4n) is 1.66. The van der Waals surface area contributed by atoms with Gasteiger partial charge in [-0.1, -0.05) is 25.1 Å². The molecular formula is C14H21NO3. The monoisotopic (exact) mass is 251 g/mol. The van der Waals surface area contributed by atoms with Crippen molar-refractivity contribution < 1.29 is 14.3 Å². The minimum absolute atomic E-state index is 0.247. The number of para-hydroxylation sites is 1. The Bertz CT molecular complexity index is 379. The van der Waals surface area contributed by atoms with Gasteiger partial charge in [-0.2, -0.15) is 0 Å². The Morgan fingerprint density at radius 1 is 1.33 bits per heavy atom. The molecule has 0 bridgehead atoms. The first-order chi connectivity index (χ1) is 8.72. The van der Waals surface area contributed by atoms with Gasteiger partial charge < -0.3 is 14.8 Å². The molecule has 1 rings (SSSR count). The molecule has 1 unspecified atom stereocenters. The summed E-state index contributed by atoms with van der Waals surface area (Å²) >= 11 is 0. The number of anilines is 1. The standard InChI is InChI=1S/C14H21NO3/c1-4-12(14(16)17-3)15-13-9-7-6-8-11(13)10-18-5-2/h6-9,12,15H,4-5,10H2,1-3H3. The molecule has 1 aromatic carbocycles. The predicted molar refractivity (Wildman–Crippen MR) is 71.5 cm³/mol. The average molecular weight is 251 g/mol. The largest absolute Gasteiger partial charge is 0.467 e. The van der Waals surface area contributed by atoms with Gasteiger partial charge in [0.2, 0.25) is 0 Å². The third-order valence-corrected chi connectivity index (χ3v) is 2.70. The normalized spacial score (nSPS) is 11.9. The van der Waals surface area contributed by atoms with Gasteiger partial charge in [0.15, 0.2) is 0 Å². The molecule has 0 fully saturated rings. The number of carbonyl (C=O) groups is 1. The Labute approximate surface area is 108 Å². The summed E-state index contributed by atoms with van der Waals surface area (Å²) in [4.78, 5) is 11.6. The second-order valence-corrected chi connectivity index (χ2v) is 3.92. The van der Waals surface area contributed by atoms with Gasteiger partial charge in [-0.25, -0.2) is 4.79 Å². The third kappa shape index (κ3) is 4.04. The highest BCUT2D eigenvalue weighted by Crippen LogP contribution is 2.18. The number of nitrogens with one attached hydrogen (secondary N) is 1. The lowest BCUT2D eigenvalue weighted by atomic mass is 10.1. The lowest BCUT2D eigenvalue weighted by Crippen LogP contribution is -2.30. The lowest BCUT2D eigenvalue weighted by Gasteiger charge is -2.18. The zero-order valence-electron chi connectivity index (χ0n) is 11.2. The van der Waals surface area contributed by atoms with E-state index < -0.39 is 0 Å². The molecular weight excluding hydrogens is 230 g/mol. The molecule has 0 aromatic heterocycles. The maximum Gasteiger partial charge on any atom is 0.328 e. The Balaban J connectivity index is 2.78. The summed E-state index contributed by atoms with van der Waals surface area (Å²) in [5.41, 5.74) is 1.96. The van der Waals surface area contributed by atoms with Crippen LogP contribution in [-0.4, -0.2) is 25.7 Å². The van der Waals surface area contributed by atoms with E-state index in [2.05, 4.69) is 5.32 Å². The van der Waals surface area contributed by atoms with E-state index in [-0.39, 0.29) is 12.0 Å². The SMILES string of the molecule is CCOCc1ccccc1NC(CC)C(=O)OC. The number of hydrogen-bond donors (Lipinski definition) is 1. The van der Waals surface area contributed by atoms with Crippen LogP contribution in [0.5, 0.6) is 0 Å².